The van der Waals surface area contributed by atoms with E-state index >= 15 is 0 Å². The molecule has 0 fully saturated rings. The molecular weight excluding hydrogens is 262 g/mol. The highest BCUT2D eigenvalue weighted by molar-refractivity contribution is 7.71. The summed E-state index contributed by atoms with van der Waals surface area (Å²) >= 11 is 7.15. The molecule has 3 aromatic heterocycles. The number of imidazole rings is 1. The molecule has 0 aliphatic heterocycles. The first kappa shape index (κ1) is 11.6. The van der Waals surface area contributed by atoms with E-state index in [4.69, 9.17) is 12.2 Å². The molecule has 3 heterocycles. The van der Waals surface area contributed by atoms with E-state index in [1.807, 2.05) is 19.1 Å². The number of aromatic nitrogens is 3. The van der Waals surface area contributed by atoms with Crippen LogP contribution in [0, 0.1) is 18.6 Å². The molecule has 1 N–H and O–H groups in total. The topological polar surface area (TPSA) is 33.6 Å². The summed E-state index contributed by atoms with van der Waals surface area (Å²) in [5.74, 6) is 0. The van der Waals surface area contributed by atoms with Crippen LogP contribution in [0.3, 0.4) is 0 Å². The number of fused-ring (bicyclic) bond motifs is 1. The van der Waals surface area contributed by atoms with Gasteiger partial charge in [-0.05, 0) is 55.2 Å². The number of hydrogen-bond donors (Lipinski definition) is 1. The SMILES string of the molecule is Cc1ccc2[nH]c(=S)n(Cc3sccc3C)c2n1. The first-order valence-electron chi connectivity index (χ1n) is 5.74. The van der Waals surface area contributed by atoms with Gasteiger partial charge in [-0.25, -0.2) is 4.98 Å². The Morgan fingerprint density at radius 3 is 2.89 bits per heavy atom. The lowest BCUT2D eigenvalue weighted by molar-refractivity contribution is 0.807. The molecule has 92 valence electrons. The summed E-state index contributed by atoms with van der Waals surface area (Å²) in [6.45, 7) is 4.91. The number of nitrogens with one attached hydrogen (secondary N) is 1. The van der Waals surface area contributed by atoms with Gasteiger partial charge in [0.25, 0.3) is 0 Å². The Morgan fingerprint density at radius 2 is 2.17 bits per heavy atom. The molecule has 3 rings (SSSR count). The lowest BCUT2D eigenvalue weighted by Crippen LogP contribution is -2.00. The highest BCUT2D eigenvalue weighted by atomic mass is 32.1. The van der Waals surface area contributed by atoms with Crippen LogP contribution in [0.5, 0.6) is 0 Å². The number of hydrogen-bond acceptors (Lipinski definition) is 3. The number of aromatic amines is 1. The second-order valence-corrected chi connectivity index (χ2v) is 5.75. The summed E-state index contributed by atoms with van der Waals surface area (Å²) < 4.78 is 2.80. The van der Waals surface area contributed by atoms with Gasteiger partial charge in [0.2, 0.25) is 0 Å². The van der Waals surface area contributed by atoms with Gasteiger partial charge >= 0.3 is 0 Å². The van der Waals surface area contributed by atoms with E-state index in [1.165, 1.54) is 10.4 Å². The Morgan fingerprint density at radius 1 is 1.33 bits per heavy atom. The molecule has 0 saturated carbocycles. The number of pyridine rings is 1. The molecule has 0 aromatic carbocycles. The fraction of sp³-hybridized carbons (Fsp3) is 0.231. The number of aryl methyl sites for hydroxylation is 2. The average Bonchev–Trinajstić information content (AvgIpc) is 2.86. The van der Waals surface area contributed by atoms with E-state index < -0.39 is 0 Å². The Balaban J connectivity index is 2.17. The standard InChI is InChI=1S/C13H13N3S2/c1-8-5-6-18-11(8)7-16-12-10(15-13(16)17)4-3-9(2)14-12/h3-6H,7H2,1-2H3,(H,15,17). The van der Waals surface area contributed by atoms with E-state index in [0.717, 1.165) is 28.2 Å². The number of H-pyrrole nitrogens is 1. The summed E-state index contributed by atoms with van der Waals surface area (Å²) in [6.07, 6.45) is 0. The Labute approximate surface area is 114 Å². The van der Waals surface area contributed by atoms with Crippen molar-refractivity contribution in [2.45, 2.75) is 20.4 Å². The maximum atomic E-state index is 5.38. The van der Waals surface area contributed by atoms with Crippen molar-refractivity contribution in [3.05, 3.63) is 44.5 Å². The van der Waals surface area contributed by atoms with Gasteiger partial charge < -0.3 is 4.98 Å². The van der Waals surface area contributed by atoms with E-state index in [1.54, 1.807) is 11.3 Å². The molecule has 3 aromatic rings. The molecule has 0 bridgehead atoms. The predicted octanol–water partition coefficient (Wildman–Crippen LogP) is 3.82. The molecule has 0 spiro atoms. The van der Waals surface area contributed by atoms with E-state index in [-0.39, 0.29) is 0 Å². The maximum Gasteiger partial charge on any atom is 0.179 e. The van der Waals surface area contributed by atoms with Crippen LogP contribution in [0.4, 0.5) is 0 Å². The lowest BCUT2D eigenvalue weighted by atomic mass is 10.3. The van der Waals surface area contributed by atoms with Gasteiger partial charge in [0.1, 0.15) is 0 Å². The van der Waals surface area contributed by atoms with Gasteiger partial charge in [0, 0.05) is 10.6 Å². The number of thiophene rings is 1. The van der Waals surface area contributed by atoms with Crippen LogP contribution in [0.25, 0.3) is 11.2 Å². The quantitative estimate of drug-likeness (QED) is 0.721. The van der Waals surface area contributed by atoms with Gasteiger partial charge in [-0.3, -0.25) is 4.57 Å². The normalized spacial score (nSPS) is 11.2. The minimum Gasteiger partial charge on any atom is -0.329 e. The van der Waals surface area contributed by atoms with Gasteiger partial charge in [-0.1, -0.05) is 0 Å². The van der Waals surface area contributed by atoms with Crippen molar-refractivity contribution in [2.24, 2.45) is 0 Å². The molecule has 0 atom stereocenters. The minimum absolute atomic E-state index is 0.732. The van der Waals surface area contributed by atoms with Crippen LogP contribution < -0.4 is 0 Å². The zero-order valence-corrected chi connectivity index (χ0v) is 11.9. The lowest BCUT2D eigenvalue weighted by Gasteiger charge is -2.03. The second kappa shape index (κ2) is 4.33. The summed E-state index contributed by atoms with van der Waals surface area (Å²) in [6, 6.07) is 6.16. The monoisotopic (exact) mass is 275 g/mol. The fourth-order valence-corrected chi connectivity index (χ4v) is 3.14. The molecule has 0 aliphatic carbocycles. The van der Waals surface area contributed by atoms with Gasteiger partial charge in [0.05, 0.1) is 12.1 Å². The van der Waals surface area contributed by atoms with Crippen molar-refractivity contribution >= 4 is 34.7 Å². The highest BCUT2D eigenvalue weighted by Gasteiger charge is 2.08. The van der Waals surface area contributed by atoms with E-state index in [0.29, 0.717) is 0 Å². The van der Waals surface area contributed by atoms with Gasteiger partial charge in [-0.15, -0.1) is 11.3 Å². The van der Waals surface area contributed by atoms with E-state index in [9.17, 15) is 0 Å². The fourth-order valence-electron chi connectivity index (χ4n) is 1.98. The van der Waals surface area contributed by atoms with Gasteiger partial charge in [0.15, 0.2) is 10.4 Å². The molecule has 5 heteroatoms. The smallest absolute Gasteiger partial charge is 0.179 e. The van der Waals surface area contributed by atoms with Crippen LogP contribution in [0.15, 0.2) is 23.6 Å². The summed E-state index contributed by atoms with van der Waals surface area (Å²) in [4.78, 5) is 9.11. The van der Waals surface area contributed by atoms with Crippen molar-refractivity contribution in [1.82, 2.24) is 14.5 Å². The molecule has 0 radical (unpaired) electrons. The summed E-state index contributed by atoms with van der Waals surface area (Å²) in [5, 5.41) is 2.11. The van der Waals surface area contributed by atoms with Crippen molar-refractivity contribution in [3.63, 3.8) is 0 Å². The number of rotatable bonds is 2. The van der Waals surface area contributed by atoms with Crippen LogP contribution >= 0.6 is 23.6 Å². The molecule has 0 amide bonds. The predicted molar refractivity (Wildman–Crippen MR) is 77.8 cm³/mol. The molecule has 0 saturated heterocycles. The van der Waals surface area contributed by atoms with Crippen molar-refractivity contribution in [2.75, 3.05) is 0 Å². The minimum atomic E-state index is 0.732. The molecule has 18 heavy (non-hydrogen) atoms. The van der Waals surface area contributed by atoms with E-state index in [2.05, 4.69) is 32.9 Å². The third-order valence-corrected chi connectivity index (χ3v) is 4.36. The van der Waals surface area contributed by atoms with Gasteiger partial charge in [-0.2, -0.15) is 0 Å². The van der Waals surface area contributed by atoms with Crippen LogP contribution in [0.1, 0.15) is 16.1 Å². The first-order chi connectivity index (χ1) is 8.65. The largest absolute Gasteiger partial charge is 0.329 e. The third-order valence-electron chi connectivity index (χ3n) is 3.03. The molecule has 0 unspecified atom stereocenters. The molecule has 3 nitrogen and oxygen atoms in total. The first-order valence-corrected chi connectivity index (χ1v) is 7.03. The summed E-state index contributed by atoms with van der Waals surface area (Å²) in [5.41, 5.74) is 4.25. The maximum absolute atomic E-state index is 5.38. The zero-order valence-electron chi connectivity index (χ0n) is 10.2. The second-order valence-electron chi connectivity index (χ2n) is 4.37. The van der Waals surface area contributed by atoms with Crippen LogP contribution in [-0.2, 0) is 6.54 Å². The van der Waals surface area contributed by atoms with Crippen molar-refractivity contribution < 1.29 is 0 Å². The third kappa shape index (κ3) is 1.89. The Kier molecular flexibility index (Phi) is 2.80. The highest BCUT2D eigenvalue weighted by Crippen LogP contribution is 2.20. The summed E-state index contributed by atoms with van der Waals surface area (Å²) in [7, 11) is 0. The van der Waals surface area contributed by atoms with Crippen molar-refractivity contribution in [1.29, 1.82) is 0 Å². The van der Waals surface area contributed by atoms with Crippen LogP contribution in [-0.4, -0.2) is 14.5 Å². The zero-order chi connectivity index (χ0) is 12.7. The van der Waals surface area contributed by atoms with Crippen molar-refractivity contribution in [3.8, 4) is 0 Å². The molecule has 0 aliphatic rings. The number of nitrogens with zero attached hydrogens (tertiary/aromatic N) is 2. The Hall–Kier alpha value is -1.46. The van der Waals surface area contributed by atoms with Crippen LogP contribution in [0.2, 0.25) is 0 Å². The Bertz CT molecular complexity index is 764. The molecular formula is C13H13N3S2. The average molecular weight is 275 g/mol.